The zero-order valence-corrected chi connectivity index (χ0v) is 14.1. The molecular formula is C19H19N3OS. The van der Waals surface area contributed by atoms with E-state index in [2.05, 4.69) is 27.7 Å². The number of thioether (sulfide) groups is 1. The maximum Gasteiger partial charge on any atom is 0.250 e. The fourth-order valence-electron chi connectivity index (χ4n) is 3.57. The minimum absolute atomic E-state index is 0.0807. The molecule has 1 N–H and O–H groups in total. The Morgan fingerprint density at radius 1 is 1.29 bits per heavy atom. The SMILES string of the molecule is O=C(CSc1cccc2cccnc12)N/N=C/C1CC2C=CC1C2. The highest BCUT2D eigenvalue weighted by atomic mass is 32.2. The van der Waals surface area contributed by atoms with E-state index in [0.29, 0.717) is 17.6 Å². The summed E-state index contributed by atoms with van der Waals surface area (Å²) in [6.45, 7) is 0. The molecule has 1 amide bonds. The molecule has 5 heteroatoms. The van der Waals surface area contributed by atoms with Crippen molar-refractivity contribution in [3.63, 3.8) is 0 Å². The predicted octanol–water partition coefficient (Wildman–Crippen LogP) is 3.64. The van der Waals surface area contributed by atoms with Gasteiger partial charge < -0.3 is 0 Å². The van der Waals surface area contributed by atoms with Crippen LogP contribution >= 0.6 is 11.8 Å². The molecule has 24 heavy (non-hydrogen) atoms. The Morgan fingerprint density at radius 3 is 3.04 bits per heavy atom. The van der Waals surface area contributed by atoms with Crippen molar-refractivity contribution < 1.29 is 4.79 Å². The number of fused-ring (bicyclic) bond motifs is 3. The van der Waals surface area contributed by atoms with Gasteiger partial charge in [0, 0.05) is 28.6 Å². The van der Waals surface area contributed by atoms with E-state index in [9.17, 15) is 4.79 Å². The molecule has 2 bridgehead atoms. The summed E-state index contributed by atoms with van der Waals surface area (Å²) in [4.78, 5) is 17.4. The van der Waals surface area contributed by atoms with Crippen LogP contribution in [0.15, 0.2) is 58.7 Å². The van der Waals surface area contributed by atoms with Crippen LogP contribution in [0.1, 0.15) is 12.8 Å². The molecule has 3 atom stereocenters. The Bertz CT molecular complexity index is 812. The molecule has 0 aliphatic heterocycles. The Balaban J connectivity index is 1.31. The summed E-state index contributed by atoms with van der Waals surface area (Å²) >= 11 is 1.49. The first-order chi connectivity index (χ1) is 11.8. The van der Waals surface area contributed by atoms with Crippen LogP contribution in [0.3, 0.4) is 0 Å². The van der Waals surface area contributed by atoms with E-state index in [4.69, 9.17) is 0 Å². The van der Waals surface area contributed by atoms with Gasteiger partial charge in [0.15, 0.2) is 0 Å². The van der Waals surface area contributed by atoms with Crippen molar-refractivity contribution in [1.29, 1.82) is 0 Å². The number of aromatic nitrogens is 1. The maximum absolute atomic E-state index is 12.0. The van der Waals surface area contributed by atoms with Crippen molar-refractivity contribution in [2.75, 3.05) is 5.75 Å². The van der Waals surface area contributed by atoms with Crippen LogP contribution in [-0.4, -0.2) is 22.9 Å². The number of nitrogens with one attached hydrogen (secondary N) is 1. The highest BCUT2D eigenvalue weighted by Gasteiger charge is 2.34. The van der Waals surface area contributed by atoms with Gasteiger partial charge in [-0.05, 0) is 36.8 Å². The number of amides is 1. The van der Waals surface area contributed by atoms with E-state index >= 15 is 0 Å². The lowest BCUT2D eigenvalue weighted by molar-refractivity contribution is -0.118. The molecule has 0 radical (unpaired) electrons. The molecule has 122 valence electrons. The molecule has 1 fully saturated rings. The monoisotopic (exact) mass is 337 g/mol. The number of pyridine rings is 1. The van der Waals surface area contributed by atoms with Gasteiger partial charge in [-0.1, -0.05) is 30.4 Å². The minimum atomic E-state index is -0.0807. The largest absolute Gasteiger partial charge is 0.272 e. The molecule has 4 nitrogen and oxygen atoms in total. The number of allylic oxidation sites excluding steroid dienone is 2. The molecule has 0 spiro atoms. The van der Waals surface area contributed by atoms with E-state index in [1.54, 1.807) is 6.20 Å². The van der Waals surface area contributed by atoms with Crippen molar-refractivity contribution in [1.82, 2.24) is 10.4 Å². The van der Waals surface area contributed by atoms with Crippen molar-refractivity contribution >= 4 is 34.8 Å². The number of carbonyl (C=O) groups excluding carboxylic acids is 1. The number of hydrogen-bond donors (Lipinski definition) is 1. The number of hydrogen-bond acceptors (Lipinski definition) is 4. The summed E-state index contributed by atoms with van der Waals surface area (Å²) in [5, 5.41) is 5.25. The summed E-state index contributed by atoms with van der Waals surface area (Å²) in [5.41, 5.74) is 3.59. The van der Waals surface area contributed by atoms with Crippen molar-refractivity contribution in [2.24, 2.45) is 22.9 Å². The zero-order valence-electron chi connectivity index (χ0n) is 13.3. The van der Waals surface area contributed by atoms with Crippen LogP contribution in [0.5, 0.6) is 0 Å². The van der Waals surface area contributed by atoms with Gasteiger partial charge in [0.05, 0.1) is 11.3 Å². The molecule has 1 saturated carbocycles. The lowest BCUT2D eigenvalue weighted by Gasteiger charge is -2.11. The summed E-state index contributed by atoms with van der Waals surface area (Å²) < 4.78 is 0. The first kappa shape index (κ1) is 15.4. The highest BCUT2D eigenvalue weighted by molar-refractivity contribution is 8.00. The van der Waals surface area contributed by atoms with E-state index < -0.39 is 0 Å². The summed E-state index contributed by atoms with van der Waals surface area (Å²) in [5.74, 6) is 2.07. The fourth-order valence-corrected chi connectivity index (χ4v) is 4.40. The van der Waals surface area contributed by atoms with Gasteiger partial charge >= 0.3 is 0 Å². The van der Waals surface area contributed by atoms with Gasteiger partial charge in [-0.3, -0.25) is 9.78 Å². The van der Waals surface area contributed by atoms with Crippen LogP contribution in [0.25, 0.3) is 10.9 Å². The zero-order chi connectivity index (χ0) is 16.4. The topological polar surface area (TPSA) is 54.4 Å². The first-order valence-corrected chi connectivity index (χ1v) is 9.25. The Morgan fingerprint density at radius 2 is 2.21 bits per heavy atom. The van der Waals surface area contributed by atoms with Crippen molar-refractivity contribution in [3.05, 3.63) is 48.7 Å². The summed E-state index contributed by atoms with van der Waals surface area (Å²) in [7, 11) is 0. The van der Waals surface area contributed by atoms with Crippen LogP contribution in [-0.2, 0) is 4.79 Å². The summed E-state index contributed by atoms with van der Waals surface area (Å²) in [6.07, 6.45) is 10.7. The molecule has 3 unspecified atom stereocenters. The van der Waals surface area contributed by atoms with Crippen molar-refractivity contribution in [3.8, 4) is 0 Å². The standard InChI is InChI=1S/C19H19N3OS/c23-18(22-21-11-16-10-13-6-7-15(16)9-13)12-24-17-5-1-3-14-4-2-8-20-19(14)17/h1-8,11,13,15-16H,9-10,12H2,(H,22,23)/b21-11+. The molecule has 1 heterocycles. The number of para-hydroxylation sites is 1. The average Bonchev–Trinajstić information content (AvgIpc) is 3.23. The van der Waals surface area contributed by atoms with E-state index in [1.807, 2.05) is 36.5 Å². The van der Waals surface area contributed by atoms with E-state index in [0.717, 1.165) is 28.1 Å². The second-order valence-electron chi connectivity index (χ2n) is 6.38. The molecule has 2 aromatic rings. The molecule has 2 aliphatic rings. The fraction of sp³-hybridized carbons (Fsp3) is 0.316. The Hall–Kier alpha value is -2.14. The maximum atomic E-state index is 12.0. The third-order valence-electron chi connectivity index (χ3n) is 4.74. The minimum Gasteiger partial charge on any atom is -0.272 e. The molecular weight excluding hydrogens is 318 g/mol. The van der Waals surface area contributed by atoms with Gasteiger partial charge in [0.1, 0.15) is 0 Å². The molecule has 1 aromatic heterocycles. The molecule has 2 aliphatic carbocycles. The quantitative estimate of drug-likeness (QED) is 0.392. The van der Waals surface area contributed by atoms with Gasteiger partial charge in [-0.25, -0.2) is 5.43 Å². The lowest BCUT2D eigenvalue weighted by atomic mass is 9.95. The van der Waals surface area contributed by atoms with Crippen molar-refractivity contribution in [2.45, 2.75) is 17.7 Å². The smallest absolute Gasteiger partial charge is 0.250 e. The number of nitrogens with zero attached hydrogens (tertiary/aromatic N) is 2. The van der Waals surface area contributed by atoms with Crippen LogP contribution < -0.4 is 5.43 Å². The average molecular weight is 337 g/mol. The second-order valence-corrected chi connectivity index (χ2v) is 7.39. The number of benzene rings is 1. The molecule has 0 saturated heterocycles. The molecule has 4 rings (SSSR count). The lowest BCUT2D eigenvalue weighted by Crippen LogP contribution is -2.21. The number of hydrazone groups is 1. The van der Waals surface area contributed by atoms with Crippen LogP contribution in [0.4, 0.5) is 0 Å². The Labute approximate surface area is 145 Å². The van der Waals surface area contributed by atoms with Gasteiger partial charge in [0.25, 0.3) is 0 Å². The predicted molar refractivity (Wildman–Crippen MR) is 97.9 cm³/mol. The Kier molecular flexibility index (Phi) is 4.34. The van der Waals surface area contributed by atoms with Crippen LogP contribution in [0.2, 0.25) is 0 Å². The summed E-state index contributed by atoms with van der Waals surface area (Å²) in [6, 6.07) is 9.97. The second kappa shape index (κ2) is 6.77. The van der Waals surface area contributed by atoms with Gasteiger partial charge in [-0.15, -0.1) is 11.8 Å². The van der Waals surface area contributed by atoms with E-state index in [1.165, 1.54) is 18.2 Å². The first-order valence-electron chi connectivity index (χ1n) is 8.26. The van der Waals surface area contributed by atoms with E-state index in [-0.39, 0.29) is 5.91 Å². The van der Waals surface area contributed by atoms with Gasteiger partial charge in [0.2, 0.25) is 5.91 Å². The third-order valence-corrected chi connectivity index (χ3v) is 5.79. The number of carbonyl (C=O) groups is 1. The highest BCUT2D eigenvalue weighted by Crippen LogP contribution is 2.42. The normalized spacial score (nSPS) is 24.9. The third kappa shape index (κ3) is 3.22. The number of rotatable bonds is 5. The van der Waals surface area contributed by atoms with Crippen LogP contribution in [0, 0.1) is 17.8 Å². The molecule has 1 aromatic carbocycles. The van der Waals surface area contributed by atoms with Gasteiger partial charge in [-0.2, -0.15) is 5.10 Å².